The largest absolute Gasteiger partial charge is 0.462 e. The molecule has 1 aliphatic heterocycles. The summed E-state index contributed by atoms with van der Waals surface area (Å²) in [5.41, 5.74) is 0.619. The highest BCUT2D eigenvalue weighted by molar-refractivity contribution is 7.17. The van der Waals surface area contributed by atoms with E-state index in [0.29, 0.717) is 17.5 Å². The Morgan fingerprint density at radius 3 is 3.00 bits per heavy atom. The molecule has 1 aromatic heterocycles. The van der Waals surface area contributed by atoms with Gasteiger partial charge in [-0.15, -0.1) is 0 Å². The molecule has 0 saturated carbocycles. The van der Waals surface area contributed by atoms with E-state index in [4.69, 9.17) is 9.47 Å². The lowest BCUT2D eigenvalue weighted by Gasteiger charge is -2.35. The summed E-state index contributed by atoms with van der Waals surface area (Å²) < 4.78 is 10.7. The number of rotatable bonds is 4. The quantitative estimate of drug-likeness (QED) is 0.866. The fourth-order valence-electron chi connectivity index (χ4n) is 2.37. The molecule has 1 aliphatic rings. The highest BCUT2D eigenvalue weighted by Gasteiger charge is 2.29. The van der Waals surface area contributed by atoms with Gasteiger partial charge in [0.25, 0.3) is 0 Å². The van der Waals surface area contributed by atoms with Crippen molar-refractivity contribution in [3.8, 4) is 0 Å². The Kier molecular flexibility index (Phi) is 4.65. The normalized spacial score (nSPS) is 21.5. The van der Waals surface area contributed by atoms with Gasteiger partial charge in [-0.1, -0.05) is 11.3 Å². The van der Waals surface area contributed by atoms with Crippen LogP contribution in [0.5, 0.6) is 0 Å². The molecular formula is C14H22N2O3S. The molecule has 1 saturated heterocycles. The third-order valence-electron chi connectivity index (χ3n) is 3.28. The molecule has 0 bridgehead atoms. The number of nitrogens with one attached hydrogen (secondary N) is 1. The van der Waals surface area contributed by atoms with Gasteiger partial charge in [-0.2, -0.15) is 0 Å². The van der Waals surface area contributed by atoms with Gasteiger partial charge < -0.3 is 14.8 Å². The van der Waals surface area contributed by atoms with Crippen molar-refractivity contribution in [1.29, 1.82) is 0 Å². The molecule has 5 nitrogen and oxygen atoms in total. The maximum Gasteiger partial charge on any atom is 0.350 e. The zero-order chi connectivity index (χ0) is 14.8. The predicted octanol–water partition coefficient (Wildman–Crippen LogP) is 3.00. The monoisotopic (exact) mass is 298 g/mol. The van der Waals surface area contributed by atoms with Crippen molar-refractivity contribution in [3.05, 3.63) is 10.6 Å². The molecule has 112 valence electrons. The maximum absolute atomic E-state index is 11.8. The van der Waals surface area contributed by atoms with Crippen LogP contribution in [0.15, 0.2) is 0 Å². The molecule has 0 radical (unpaired) electrons. The van der Waals surface area contributed by atoms with Crippen molar-refractivity contribution in [2.45, 2.75) is 52.2 Å². The van der Waals surface area contributed by atoms with E-state index in [9.17, 15) is 4.79 Å². The summed E-state index contributed by atoms with van der Waals surface area (Å²) in [6, 6.07) is 0.333. The van der Waals surface area contributed by atoms with Gasteiger partial charge >= 0.3 is 5.97 Å². The topological polar surface area (TPSA) is 60.5 Å². The number of thiazole rings is 1. The number of aromatic nitrogens is 1. The van der Waals surface area contributed by atoms with Gasteiger partial charge in [0.05, 0.1) is 17.9 Å². The van der Waals surface area contributed by atoms with Crippen LogP contribution < -0.4 is 5.32 Å². The lowest BCUT2D eigenvalue weighted by Crippen LogP contribution is -2.40. The predicted molar refractivity (Wildman–Crippen MR) is 79.5 cm³/mol. The van der Waals surface area contributed by atoms with Crippen LogP contribution in [0.25, 0.3) is 0 Å². The van der Waals surface area contributed by atoms with Crippen LogP contribution in [-0.2, 0) is 9.47 Å². The van der Waals surface area contributed by atoms with Crippen LogP contribution in [0.1, 0.15) is 49.0 Å². The molecule has 0 aliphatic carbocycles. The van der Waals surface area contributed by atoms with Crippen LogP contribution >= 0.6 is 11.3 Å². The van der Waals surface area contributed by atoms with E-state index >= 15 is 0 Å². The second-order valence-electron chi connectivity index (χ2n) is 5.60. The first kappa shape index (κ1) is 15.3. The molecule has 6 heteroatoms. The van der Waals surface area contributed by atoms with E-state index in [0.717, 1.165) is 30.3 Å². The average molecular weight is 298 g/mol. The Bertz CT molecular complexity index is 485. The Labute approximate surface area is 123 Å². The smallest absolute Gasteiger partial charge is 0.350 e. The van der Waals surface area contributed by atoms with Gasteiger partial charge in [0, 0.05) is 12.6 Å². The van der Waals surface area contributed by atoms with Crippen molar-refractivity contribution in [2.24, 2.45) is 0 Å². The number of esters is 1. The summed E-state index contributed by atoms with van der Waals surface area (Å²) in [7, 11) is 0. The lowest BCUT2D eigenvalue weighted by atomic mass is 9.94. The Balaban J connectivity index is 2.03. The van der Waals surface area contributed by atoms with Gasteiger partial charge in [0.15, 0.2) is 5.13 Å². The molecule has 0 spiro atoms. The highest BCUT2D eigenvalue weighted by atomic mass is 32.1. The summed E-state index contributed by atoms with van der Waals surface area (Å²) in [6.45, 7) is 8.96. The van der Waals surface area contributed by atoms with Crippen molar-refractivity contribution in [3.63, 3.8) is 0 Å². The summed E-state index contributed by atoms with van der Waals surface area (Å²) in [5, 5.41) is 4.20. The van der Waals surface area contributed by atoms with Crippen LogP contribution in [0.4, 0.5) is 5.13 Å². The number of nitrogens with zero attached hydrogens (tertiary/aromatic N) is 1. The lowest BCUT2D eigenvalue weighted by molar-refractivity contribution is -0.0553. The molecule has 0 amide bonds. The minimum atomic E-state index is -0.289. The number of hydrogen-bond acceptors (Lipinski definition) is 6. The Morgan fingerprint density at radius 1 is 1.60 bits per heavy atom. The summed E-state index contributed by atoms with van der Waals surface area (Å²) >= 11 is 1.36. The zero-order valence-electron chi connectivity index (χ0n) is 12.5. The summed E-state index contributed by atoms with van der Waals surface area (Å²) in [4.78, 5) is 16.8. The molecule has 2 heterocycles. The number of carbonyl (C=O) groups is 1. The van der Waals surface area contributed by atoms with E-state index in [1.807, 2.05) is 6.92 Å². The van der Waals surface area contributed by atoms with E-state index in [1.165, 1.54) is 11.3 Å². The zero-order valence-corrected chi connectivity index (χ0v) is 13.3. The third-order valence-corrected chi connectivity index (χ3v) is 4.35. The first-order valence-electron chi connectivity index (χ1n) is 6.96. The summed E-state index contributed by atoms with van der Waals surface area (Å²) in [5.74, 6) is -0.289. The van der Waals surface area contributed by atoms with Crippen molar-refractivity contribution in [1.82, 2.24) is 4.98 Å². The van der Waals surface area contributed by atoms with Crippen LogP contribution in [0, 0.1) is 6.92 Å². The fourth-order valence-corrected chi connectivity index (χ4v) is 3.31. The second kappa shape index (κ2) is 6.10. The molecule has 20 heavy (non-hydrogen) atoms. The van der Waals surface area contributed by atoms with Crippen molar-refractivity contribution in [2.75, 3.05) is 18.5 Å². The molecule has 1 fully saturated rings. The number of carbonyl (C=O) groups excluding carboxylic acids is 1. The molecule has 2 rings (SSSR count). The van der Waals surface area contributed by atoms with Crippen LogP contribution in [0.3, 0.4) is 0 Å². The van der Waals surface area contributed by atoms with E-state index in [-0.39, 0.29) is 11.6 Å². The number of anilines is 1. The molecular weight excluding hydrogens is 276 g/mol. The van der Waals surface area contributed by atoms with Crippen molar-refractivity contribution >= 4 is 22.4 Å². The number of hydrogen-bond donors (Lipinski definition) is 1. The van der Waals surface area contributed by atoms with Gasteiger partial charge in [-0.3, -0.25) is 0 Å². The minimum Gasteiger partial charge on any atom is -0.462 e. The second-order valence-corrected chi connectivity index (χ2v) is 6.60. The Hall–Kier alpha value is -1.14. The van der Waals surface area contributed by atoms with Gasteiger partial charge in [-0.25, -0.2) is 9.78 Å². The van der Waals surface area contributed by atoms with Gasteiger partial charge in [0.2, 0.25) is 0 Å². The summed E-state index contributed by atoms with van der Waals surface area (Å²) in [6.07, 6.45) is 1.89. The average Bonchev–Trinajstić information content (AvgIpc) is 2.69. The molecule has 0 aromatic carbocycles. The minimum absolute atomic E-state index is 0.105. The van der Waals surface area contributed by atoms with E-state index in [1.54, 1.807) is 6.92 Å². The first-order valence-corrected chi connectivity index (χ1v) is 7.78. The van der Waals surface area contributed by atoms with E-state index in [2.05, 4.69) is 24.1 Å². The molecule has 1 aromatic rings. The fraction of sp³-hybridized carbons (Fsp3) is 0.714. The van der Waals surface area contributed by atoms with Gasteiger partial charge in [0.1, 0.15) is 4.88 Å². The van der Waals surface area contributed by atoms with Crippen LogP contribution in [-0.4, -0.2) is 35.8 Å². The third kappa shape index (κ3) is 3.70. The first-order chi connectivity index (χ1) is 9.41. The molecule has 1 unspecified atom stereocenters. The maximum atomic E-state index is 11.8. The van der Waals surface area contributed by atoms with Crippen molar-refractivity contribution < 1.29 is 14.3 Å². The standard InChI is InChI=1S/C14H22N2O3S/c1-5-18-12(17)11-9(2)15-13(20-11)16-10-6-7-19-14(3,4)8-10/h10H,5-8H2,1-4H3,(H,15,16). The Morgan fingerprint density at radius 2 is 2.35 bits per heavy atom. The molecule has 1 N–H and O–H groups in total. The van der Waals surface area contributed by atoms with E-state index < -0.39 is 0 Å². The molecule has 1 atom stereocenters. The van der Waals surface area contributed by atoms with Crippen LogP contribution in [0.2, 0.25) is 0 Å². The number of aryl methyl sites for hydroxylation is 1. The van der Waals surface area contributed by atoms with Gasteiger partial charge in [-0.05, 0) is 40.5 Å². The number of ether oxygens (including phenoxy) is 2. The SMILES string of the molecule is CCOC(=O)c1sc(NC2CCOC(C)(C)C2)nc1C. The highest BCUT2D eigenvalue weighted by Crippen LogP contribution is 2.29.